The van der Waals surface area contributed by atoms with Gasteiger partial charge < -0.3 is 19.9 Å². The number of piperazine rings is 1. The quantitative estimate of drug-likeness (QED) is 0.516. The Labute approximate surface area is 191 Å². The van der Waals surface area contributed by atoms with Crippen molar-refractivity contribution in [3.05, 3.63) is 88.1 Å². The maximum Gasteiger partial charge on any atom is 0.196 e. The van der Waals surface area contributed by atoms with Crippen molar-refractivity contribution in [2.24, 2.45) is 10.2 Å². The van der Waals surface area contributed by atoms with Gasteiger partial charge in [0.15, 0.2) is 5.88 Å². The number of rotatable bonds is 3. The molecule has 2 aliphatic rings. The summed E-state index contributed by atoms with van der Waals surface area (Å²) < 4.78 is 0. The Morgan fingerprint density at radius 2 is 1.82 bits per heavy atom. The summed E-state index contributed by atoms with van der Waals surface area (Å²) in [6, 6.07) is 18.1. The van der Waals surface area contributed by atoms with Crippen LogP contribution >= 0.6 is 0 Å². The van der Waals surface area contributed by atoms with Crippen molar-refractivity contribution in [2.75, 3.05) is 38.1 Å². The van der Waals surface area contributed by atoms with Crippen LogP contribution in [0.4, 0.5) is 5.82 Å². The third-order valence-electron chi connectivity index (χ3n) is 6.42. The fourth-order valence-corrected chi connectivity index (χ4v) is 4.50. The van der Waals surface area contributed by atoms with Crippen LogP contribution in [0.3, 0.4) is 0 Å². The Bertz CT molecular complexity index is 1490. The number of H-pyrrole nitrogens is 1. The molecule has 0 aliphatic carbocycles. The Morgan fingerprint density at radius 1 is 0.970 bits per heavy atom. The molecule has 7 heteroatoms. The second-order valence-corrected chi connectivity index (χ2v) is 8.60. The molecule has 164 valence electrons. The summed E-state index contributed by atoms with van der Waals surface area (Å²) in [5, 5.41) is 22.0. The first-order valence-corrected chi connectivity index (χ1v) is 11.1. The fraction of sp³-hybridized carbons (Fsp3) is 0.192. The molecule has 0 bridgehead atoms. The smallest absolute Gasteiger partial charge is 0.196 e. The second-order valence-electron chi connectivity index (χ2n) is 8.60. The molecule has 0 unspecified atom stereocenters. The number of fused-ring (bicyclic) bond motifs is 2. The third kappa shape index (κ3) is 3.56. The van der Waals surface area contributed by atoms with E-state index in [0.29, 0.717) is 0 Å². The lowest BCUT2D eigenvalue weighted by Gasteiger charge is -2.33. The van der Waals surface area contributed by atoms with Crippen LogP contribution in [0, 0.1) is 0 Å². The zero-order valence-corrected chi connectivity index (χ0v) is 18.4. The summed E-state index contributed by atoms with van der Waals surface area (Å²) in [6.45, 7) is 4.07. The van der Waals surface area contributed by atoms with Gasteiger partial charge in [0.05, 0.1) is 5.36 Å². The van der Waals surface area contributed by atoms with E-state index in [1.165, 1.54) is 0 Å². The number of aromatic nitrogens is 2. The Morgan fingerprint density at radius 3 is 2.64 bits per heavy atom. The molecule has 2 aromatic heterocycles. The molecular formula is C26H24N6O. The van der Waals surface area contributed by atoms with Gasteiger partial charge in [0, 0.05) is 60.0 Å². The van der Waals surface area contributed by atoms with E-state index in [0.717, 1.165) is 75.9 Å². The summed E-state index contributed by atoms with van der Waals surface area (Å²) in [4.78, 5) is 12.4. The van der Waals surface area contributed by atoms with E-state index in [4.69, 9.17) is 4.98 Å². The lowest BCUT2D eigenvalue weighted by molar-refractivity contribution is 0.312. The topological polar surface area (TPSA) is 80.1 Å². The molecule has 1 saturated heterocycles. The van der Waals surface area contributed by atoms with Crippen molar-refractivity contribution in [1.82, 2.24) is 14.9 Å². The normalized spacial score (nSPS) is 16.7. The molecule has 0 amide bonds. The molecule has 0 radical (unpaired) electrons. The van der Waals surface area contributed by atoms with Gasteiger partial charge in [0.1, 0.15) is 11.5 Å². The number of benzene rings is 2. The van der Waals surface area contributed by atoms with E-state index >= 15 is 0 Å². The Balaban J connectivity index is 1.33. The minimum absolute atomic E-state index is 0.166. The minimum atomic E-state index is 0.166. The average molecular weight is 437 g/mol. The Hall–Kier alpha value is -3.97. The standard InChI is InChI=1S/C26H24N6O/c1-31-10-12-32(13-11-31)24-9-7-18(16-27-24)25-21-15-17(6-8-23(21)29-30-25)14-20-19-4-2-3-5-22(19)28-26(20)33/h2-9,14-16,28,33H,10-13H2,1H3/b17-14+. The van der Waals surface area contributed by atoms with Crippen molar-refractivity contribution in [3.63, 3.8) is 0 Å². The van der Waals surface area contributed by atoms with Gasteiger partial charge in [-0.25, -0.2) is 4.98 Å². The minimum Gasteiger partial charge on any atom is -0.494 e. The van der Waals surface area contributed by atoms with Crippen LogP contribution < -0.4 is 15.5 Å². The number of nitrogens with one attached hydrogen (secondary N) is 1. The molecule has 0 saturated carbocycles. The molecule has 4 aromatic rings. The summed E-state index contributed by atoms with van der Waals surface area (Å²) in [5.74, 6) is 1.17. The van der Waals surface area contributed by atoms with Crippen molar-refractivity contribution in [3.8, 4) is 5.88 Å². The molecule has 7 nitrogen and oxygen atoms in total. The number of anilines is 1. The van der Waals surface area contributed by atoms with E-state index < -0.39 is 0 Å². The van der Waals surface area contributed by atoms with Gasteiger partial charge in [0.25, 0.3) is 0 Å². The molecule has 2 aliphatic heterocycles. The SMILES string of the molecule is CN1CCN(c2ccc(C3=NN=c4cc/c(=C\c5c(O)[nH]c6ccccc56)cc43)cn2)CC1. The van der Waals surface area contributed by atoms with Gasteiger partial charge >= 0.3 is 0 Å². The van der Waals surface area contributed by atoms with Crippen molar-refractivity contribution >= 4 is 28.5 Å². The molecule has 1 fully saturated rings. The number of hydrogen-bond donors (Lipinski definition) is 2. The van der Waals surface area contributed by atoms with Crippen LogP contribution in [-0.4, -0.2) is 58.9 Å². The highest BCUT2D eigenvalue weighted by atomic mass is 16.3. The van der Waals surface area contributed by atoms with Gasteiger partial charge in [-0.2, -0.15) is 0 Å². The van der Waals surface area contributed by atoms with Crippen LogP contribution in [0.5, 0.6) is 5.88 Å². The highest BCUT2D eigenvalue weighted by Gasteiger charge is 2.18. The number of nitrogens with zero attached hydrogens (tertiary/aromatic N) is 5. The zero-order chi connectivity index (χ0) is 22.4. The first kappa shape index (κ1) is 19.7. The molecular weight excluding hydrogens is 412 g/mol. The van der Waals surface area contributed by atoms with E-state index in [2.05, 4.69) is 50.2 Å². The maximum absolute atomic E-state index is 10.4. The summed E-state index contributed by atoms with van der Waals surface area (Å²) in [6.07, 6.45) is 3.87. The van der Waals surface area contributed by atoms with Crippen LogP contribution in [0.2, 0.25) is 0 Å². The number of aromatic hydroxyl groups is 1. The van der Waals surface area contributed by atoms with Crippen molar-refractivity contribution in [1.29, 1.82) is 0 Å². The third-order valence-corrected chi connectivity index (χ3v) is 6.42. The van der Waals surface area contributed by atoms with Crippen molar-refractivity contribution < 1.29 is 5.11 Å². The molecule has 0 spiro atoms. The highest BCUT2D eigenvalue weighted by molar-refractivity contribution is 6.13. The number of para-hydroxylation sites is 1. The predicted molar refractivity (Wildman–Crippen MR) is 130 cm³/mol. The van der Waals surface area contributed by atoms with E-state index in [1.807, 2.05) is 48.7 Å². The van der Waals surface area contributed by atoms with Gasteiger partial charge in [0.2, 0.25) is 0 Å². The number of likely N-dealkylation sites (N-methyl/N-ethyl adjacent to an activating group) is 1. The number of aromatic amines is 1. The number of pyridine rings is 1. The van der Waals surface area contributed by atoms with Crippen molar-refractivity contribution in [2.45, 2.75) is 0 Å². The van der Waals surface area contributed by atoms with E-state index in [-0.39, 0.29) is 5.88 Å². The maximum atomic E-state index is 10.4. The van der Waals surface area contributed by atoms with Crippen LogP contribution in [0.25, 0.3) is 17.0 Å². The average Bonchev–Trinajstić information content (AvgIpc) is 3.40. The Kier molecular flexibility index (Phi) is 4.69. The van der Waals surface area contributed by atoms with Crippen LogP contribution in [-0.2, 0) is 0 Å². The molecule has 0 atom stereocenters. The largest absolute Gasteiger partial charge is 0.494 e. The highest BCUT2D eigenvalue weighted by Crippen LogP contribution is 2.27. The molecule has 2 N–H and O–H groups in total. The van der Waals surface area contributed by atoms with E-state index in [1.54, 1.807) is 0 Å². The molecule has 6 rings (SSSR count). The van der Waals surface area contributed by atoms with E-state index in [9.17, 15) is 5.11 Å². The number of hydrogen-bond acceptors (Lipinski definition) is 6. The van der Waals surface area contributed by atoms with Gasteiger partial charge in [-0.1, -0.05) is 24.3 Å². The first-order valence-electron chi connectivity index (χ1n) is 11.1. The molecule has 33 heavy (non-hydrogen) atoms. The van der Waals surface area contributed by atoms with Crippen LogP contribution in [0.15, 0.2) is 71.0 Å². The molecule has 4 heterocycles. The van der Waals surface area contributed by atoms with Gasteiger partial charge in [-0.3, -0.25) is 0 Å². The lowest BCUT2D eigenvalue weighted by Crippen LogP contribution is -2.44. The first-order chi connectivity index (χ1) is 16.2. The predicted octanol–water partition coefficient (Wildman–Crippen LogP) is 2.23. The summed E-state index contributed by atoms with van der Waals surface area (Å²) in [7, 11) is 2.15. The lowest BCUT2D eigenvalue weighted by atomic mass is 10.0. The van der Waals surface area contributed by atoms with Gasteiger partial charge in [-0.05, 0) is 48.7 Å². The summed E-state index contributed by atoms with van der Waals surface area (Å²) >= 11 is 0. The van der Waals surface area contributed by atoms with Crippen LogP contribution in [0.1, 0.15) is 16.7 Å². The second kappa shape index (κ2) is 7.86. The summed E-state index contributed by atoms with van der Waals surface area (Å²) in [5.41, 5.74) is 4.42. The fourth-order valence-electron chi connectivity index (χ4n) is 4.50. The zero-order valence-electron chi connectivity index (χ0n) is 18.4. The monoisotopic (exact) mass is 436 g/mol. The molecule has 2 aromatic carbocycles. The van der Waals surface area contributed by atoms with Gasteiger partial charge in [-0.15, -0.1) is 10.2 Å².